The van der Waals surface area contributed by atoms with Gasteiger partial charge < -0.3 is 10.1 Å². The van der Waals surface area contributed by atoms with Gasteiger partial charge in [0, 0.05) is 17.3 Å². The van der Waals surface area contributed by atoms with Crippen molar-refractivity contribution in [3.8, 4) is 0 Å². The van der Waals surface area contributed by atoms with Crippen LogP contribution in [0.5, 0.6) is 0 Å². The summed E-state index contributed by atoms with van der Waals surface area (Å²) in [6.07, 6.45) is 0.582. The number of sulfonamides is 1. The van der Waals surface area contributed by atoms with Crippen LogP contribution in [0.15, 0.2) is 83.8 Å². The molecule has 0 fully saturated rings. The molecule has 35 heavy (non-hydrogen) atoms. The maximum atomic E-state index is 13.3. The van der Waals surface area contributed by atoms with Crippen LogP contribution >= 0.6 is 11.6 Å². The number of carbonyl (C=O) groups is 2. The van der Waals surface area contributed by atoms with Crippen molar-refractivity contribution < 1.29 is 22.7 Å². The van der Waals surface area contributed by atoms with E-state index >= 15 is 0 Å². The molecule has 1 amide bonds. The first-order valence-corrected chi connectivity index (χ1v) is 12.9. The summed E-state index contributed by atoms with van der Waals surface area (Å²) in [5.74, 6) is -0.806. The fraction of sp³-hybridized carbons (Fsp3) is 0.231. The van der Waals surface area contributed by atoms with Crippen LogP contribution in [-0.2, 0) is 37.2 Å². The van der Waals surface area contributed by atoms with Crippen LogP contribution in [-0.4, -0.2) is 44.3 Å². The van der Waals surface area contributed by atoms with Crippen LogP contribution in [0, 0.1) is 0 Å². The lowest BCUT2D eigenvalue weighted by atomic mass is 10.1. The first-order chi connectivity index (χ1) is 16.8. The first-order valence-electron chi connectivity index (χ1n) is 11.1. The summed E-state index contributed by atoms with van der Waals surface area (Å²) in [7, 11) is -3.94. The minimum absolute atomic E-state index is 0.0612. The number of rotatable bonds is 11. The highest BCUT2D eigenvalue weighted by Crippen LogP contribution is 2.20. The number of nitrogens with zero attached hydrogens (tertiary/aromatic N) is 1. The zero-order chi connectivity index (χ0) is 25.3. The molecule has 3 rings (SSSR count). The van der Waals surface area contributed by atoms with E-state index in [-0.39, 0.29) is 30.4 Å². The summed E-state index contributed by atoms with van der Waals surface area (Å²) >= 11 is 5.91. The van der Waals surface area contributed by atoms with E-state index in [0.29, 0.717) is 23.7 Å². The molecule has 0 aliphatic carbocycles. The van der Waals surface area contributed by atoms with E-state index < -0.39 is 15.9 Å². The van der Waals surface area contributed by atoms with Crippen LogP contribution in [0.4, 0.5) is 5.69 Å². The Morgan fingerprint density at radius 3 is 2.20 bits per heavy atom. The molecule has 0 aromatic heterocycles. The van der Waals surface area contributed by atoms with Gasteiger partial charge >= 0.3 is 5.97 Å². The minimum Gasteiger partial charge on any atom is -0.466 e. The summed E-state index contributed by atoms with van der Waals surface area (Å²) in [6.45, 7) is 1.82. The van der Waals surface area contributed by atoms with Crippen LogP contribution < -0.4 is 5.32 Å². The van der Waals surface area contributed by atoms with E-state index in [9.17, 15) is 18.0 Å². The van der Waals surface area contributed by atoms with E-state index in [1.165, 1.54) is 24.3 Å². The van der Waals surface area contributed by atoms with E-state index in [0.717, 1.165) is 15.4 Å². The molecule has 0 bridgehead atoms. The smallest absolute Gasteiger partial charge is 0.310 e. The molecule has 0 aliphatic heterocycles. The quantitative estimate of drug-likeness (QED) is 0.385. The monoisotopic (exact) mass is 514 g/mol. The summed E-state index contributed by atoms with van der Waals surface area (Å²) in [4.78, 5) is 24.5. The Balaban J connectivity index is 1.72. The van der Waals surface area contributed by atoms with Gasteiger partial charge in [-0.3, -0.25) is 9.59 Å². The molecule has 9 heteroatoms. The van der Waals surface area contributed by atoms with Gasteiger partial charge in [-0.1, -0.05) is 54.1 Å². The predicted octanol–water partition coefficient (Wildman–Crippen LogP) is 4.32. The molecule has 0 radical (unpaired) electrons. The molecule has 0 unspecified atom stereocenters. The standard InChI is InChI=1S/C26H27ClN2O5S/c1-2-34-26(31)18-21-8-12-23(13-9-21)28-25(30)19-29(17-16-20-6-4-3-5-7-20)35(32,33)24-14-10-22(27)11-15-24/h3-15H,2,16-19H2,1H3,(H,28,30). The molecule has 3 aromatic rings. The maximum absolute atomic E-state index is 13.3. The zero-order valence-corrected chi connectivity index (χ0v) is 20.9. The largest absolute Gasteiger partial charge is 0.466 e. The molecule has 0 spiro atoms. The van der Waals surface area contributed by atoms with Crippen LogP contribution in [0.1, 0.15) is 18.1 Å². The lowest BCUT2D eigenvalue weighted by molar-refractivity contribution is -0.142. The second-order valence-corrected chi connectivity index (χ2v) is 10.1. The van der Waals surface area contributed by atoms with Crippen molar-refractivity contribution in [1.29, 1.82) is 0 Å². The molecule has 0 heterocycles. The molecule has 0 atom stereocenters. The van der Waals surface area contributed by atoms with Gasteiger partial charge in [-0.2, -0.15) is 4.31 Å². The van der Waals surface area contributed by atoms with E-state index in [1.807, 2.05) is 30.3 Å². The van der Waals surface area contributed by atoms with Gasteiger partial charge in [-0.15, -0.1) is 0 Å². The Morgan fingerprint density at radius 1 is 0.914 bits per heavy atom. The maximum Gasteiger partial charge on any atom is 0.310 e. The van der Waals surface area contributed by atoms with E-state index in [4.69, 9.17) is 16.3 Å². The van der Waals surface area contributed by atoms with Crippen molar-refractivity contribution in [3.63, 3.8) is 0 Å². The van der Waals surface area contributed by atoms with Gasteiger partial charge in [0.05, 0.1) is 24.5 Å². The lowest BCUT2D eigenvalue weighted by Crippen LogP contribution is -2.39. The number of hydrogen-bond donors (Lipinski definition) is 1. The summed E-state index contributed by atoms with van der Waals surface area (Å²) in [6, 6.07) is 22.1. The topological polar surface area (TPSA) is 92.8 Å². The van der Waals surface area contributed by atoms with Gasteiger partial charge in [0.15, 0.2) is 0 Å². The van der Waals surface area contributed by atoms with Gasteiger partial charge in [0.1, 0.15) is 0 Å². The second-order valence-electron chi connectivity index (χ2n) is 7.76. The molecule has 7 nitrogen and oxygen atoms in total. The van der Waals surface area contributed by atoms with E-state index in [2.05, 4.69) is 5.32 Å². The number of nitrogens with one attached hydrogen (secondary N) is 1. The van der Waals surface area contributed by atoms with Crippen molar-refractivity contribution in [2.45, 2.75) is 24.7 Å². The number of ether oxygens (including phenoxy) is 1. The van der Waals surface area contributed by atoms with Crippen molar-refractivity contribution in [2.24, 2.45) is 0 Å². The number of hydrogen-bond acceptors (Lipinski definition) is 5. The van der Waals surface area contributed by atoms with Crippen molar-refractivity contribution in [2.75, 3.05) is 25.0 Å². The number of esters is 1. The molecule has 1 N–H and O–H groups in total. The minimum atomic E-state index is -3.94. The highest BCUT2D eigenvalue weighted by molar-refractivity contribution is 7.89. The molecular weight excluding hydrogens is 488 g/mol. The second kappa shape index (κ2) is 12.5. The molecule has 0 saturated carbocycles. The summed E-state index contributed by atoms with van der Waals surface area (Å²) in [5.41, 5.74) is 2.20. The number of anilines is 1. The Labute approximate surface area is 210 Å². The van der Waals surface area contributed by atoms with Gasteiger partial charge in [-0.25, -0.2) is 8.42 Å². The average Bonchev–Trinajstić information content (AvgIpc) is 2.84. The number of amides is 1. The van der Waals surface area contributed by atoms with Crippen molar-refractivity contribution in [3.05, 3.63) is 95.0 Å². The molecular formula is C26H27ClN2O5S. The molecule has 184 valence electrons. The SMILES string of the molecule is CCOC(=O)Cc1ccc(NC(=O)CN(CCc2ccccc2)S(=O)(=O)c2ccc(Cl)cc2)cc1. The lowest BCUT2D eigenvalue weighted by Gasteiger charge is -2.22. The predicted molar refractivity (Wildman–Crippen MR) is 136 cm³/mol. The Kier molecular flexibility index (Phi) is 9.42. The number of carbonyl (C=O) groups excluding carboxylic acids is 2. The third-order valence-electron chi connectivity index (χ3n) is 5.16. The van der Waals surface area contributed by atoms with Crippen molar-refractivity contribution >= 4 is 39.2 Å². The van der Waals surface area contributed by atoms with E-state index in [1.54, 1.807) is 31.2 Å². The Bertz CT molecular complexity index is 1230. The normalized spacial score (nSPS) is 11.3. The molecule has 0 aliphatic rings. The van der Waals surface area contributed by atoms with Gasteiger partial charge in [0.2, 0.25) is 15.9 Å². The zero-order valence-electron chi connectivity index (χ0n) is 19.3. The highest BCUT2D eigenvalue weighted by atomic mass is 35.5. The number of halogens is 1. The van der Waals surface area contributed by atoms with Gasteiger partial charge in [0.25, 0.3) is 0 Å². The first kappa shape index (κ1) is 26.4. The fourth-order valence-electron chi connectivity index (χ4n) is 3.38. The van der Waals surface area contributed by atoms with Crippen LogP contribution in [0.25, 0.3) is 0 Å². The summed E-state index contributed by atoms with van der Waals surface area (Å²) in [5, 5.41) is 3.15. The third-order valence-corrected chi connectivity index (χ3v) is 7.27. The average molecular weight is 515 g/mol. The van der Waals surface area contributed by atoms with Crippen LogP contribution in [0.3, 0.4) is 0 Å². The molecule has 0 saturated heterocycles. The highest BCUT2D eigenvalue weighted by Gasteiger charge is 2.26. The third kappa shape index (κ3) is 7.92. The van der Waals surface area contributed by atoms with Crippen molar-refractivity contribution in [1.82, 2.24) is 4.31 Å². The molecule has 3 aromatic carbocycles. The Morgan fingerprint density at radius 2 is 1.57 bits per heavy atom. The Hall–Kier alpha value is -3.20. The van der Waals surface area contributed by atoms with Crippen LogP contribution in [0.2, 0.25) is 5.02 Å². The van der Waals surface area contributed by atoms with Gasteiger partial charge in [-0.05, 0) is 60.9 Å². The fourth-order valence-corrected chi connectivity index (χ4v) is 4.91. The summed E-state index contributed by atoms with van der Waals surface area (Å²) < 4.78 is 32.7. The number of benzene rings is 3.